The zero-order chi connectivity index (χ0) is 17.0. The summed E-state index contributed by atoms with van der Waals surface area (Å²) in [6.45, 7) is 0. The topological polar surface area (TPSA) is 0 Å². The van der Waals surface area contributed by atoms with Crippen molar-refractivity contribution < 1.29 is 30.7 Å². The highest BCUT2D eigenvalue weighted by atomic mass is 32.1. The molecule has 122 valence electrons. The highest BCUT2D eigenvalue weighted by Gasteiger charge is 2.81. The highest BCUT2D eigenvalue weighted by Crippen LogP contribution is 2.62. The zero-order valence-electron chi connectivity index (χ0n) is 11.1. The molecule has 23 heavy (non-hydrogen) atoms. The van der Waals surface area contributed by atoms with Crippen LogP contribution in [0.3, 0.4) is 0 Å². The van der Waals surface area contributed by atoms with Crippen molar-refractivity contribution in [2.75, 3.05) is 0 Å². The van der Waals surface area contributed by atoms with E-state index in [1.807, 2.05) is 0 Å². The number of allylic oxidation sites excluding steroid dienone is 2. The lowest BCUT2D eigenvalue weighted by atomic mass is 10.0. The number of thiophene rings is 1. The van der Waals surface area contributed by atoms with E-state index in [2.05, 4.69) is 0 Å². The molecule has 2 aromatic rings. The van der Waals surface area contributed by atoms with E-state index in [1.165, 1.54) is 0 Å². The van der Waals surface area contributed by atoms with Crippen LogP contribution >= 0.6 is 11.3 Å². The number of hydrogen-bond acceptors (Lipinski definition) is 1. The van der Waals surface area contributed by atoms with E-state index in [-0.39, 0.29) is 0 Å². The second-order valence-corrected chi connectivity index (χ2v) is 5.89. The van der Waals surface area contributed by atoms with Crippen LogP contribution in [0.5, 0.6) is 0 Å². The minimum absolute atomic E-state index is 0.371. The summed E-state index contributed by atoms with van der Waals surface area (Å²) in [5, 5.41) is 0.961. The van der Waals surface area contributed by atoms with Crippen LogP contribution in [0.25, 0.3) is 16.0 Å². The van der Waals surface area contributed by atoms with Gasteiger partial charge in [0, 0.05) is 4.88 Å². The Bertz CT molecular complexity index is 774. The van der Waals surface area contributed by atoms with Crippen molar-refractivity contribution in [1.29, 1.82) is 0 Å². The van der Waals surface area contributed by atoms with Gasteiger partial charge in [-0.1, -0.05) is 30.3 Å². The predicted molar refractivity (Wildman–Crippen MR) is 72.6 cm³/mol. The Kier molecular flexibility index (Phi) is 3.37. The summed E-state index contributed by atoms with van der Waals surface area (Å²) in [7, 11) is 0. The van der Waals surface area contributed by atoms with Crippen LogP contribution in [0.4, 0.5) is 30.7 Å². The van der Waals surface area contributed by atoms with Crippen molar-refractivity contribution in [2.24, 2.45) is 0 Å². The summed E-state index contributed by atoms with van der Waals surface area (Å²) < 4.78 is 94.0. The highest BCUT2D eigenvalue weighted by molar-refractivity contribution is 7.13. The van der Waals surface area contributed by atoms with E-state index in [1.54, 1.807) is 30.3 Å². The molecule has 0 aliphatic heterocycles. The number of rotatable bonds is 2. The fraction of sp³-hybridized carbons (Fsp3) is 0.200. The van der Waals surface area contributed by atoms with Crippen molar-refractivity contribution in [3.63, 3.8) is 0 Å². The standard InChI is InChI=1S/C15H7F7S/c16-12-11(13(17,18)15(21,22)14(12,19)20)9-6-10(23-7-9)8-4-2-1-3-5-8/h1-7H. The Balaban J connectivity index is 2.12. The molecule has 8 heteroatoms. The summed E-state index contributed by atoms with van der Waals surface area (Å²) in [5.41, 5.74) is -2.05. The second-order valence-electron chi connectivity index (χ2n) is 4.98. The predicted octanol–water partition coefficient (Wildman–Crippen LogP) is 6.02. The van der Waals surface area contributed by atoms with Crippen molar-refractivity contribution >= 4 is 16.9 Å². The lowest BCUT2D eigenvalue weighted by Crippen LogP contribution is -2.48. The molecule has 0 atom stereocenters. The van der Waals surface area contributed by atoms with Gasteiger partial charge in [0.05, 0.1) is 5.57 Å². The Morgan fingerprint density at radius 3 is 1.91 bits per heavy atom. The molecule has 1 aliphatic rings. The Morgan fingerprint density at radius 2 is 1.39 bits per heavy atom. The summed E-state index contributed by atoms with van der Waals surface area (Å²) >= 11 is 0.869. The quantitative estimate of drug-likeness (QED) is 0.580. The molecule has 0 unspecified atom stereocenters. The van der Waals surface area contributed by atoms with Gasteiger partial charge in [-0.3, -0.25) is 0 Å². The van der Waals surface area contributed by atoms with Gasteiger partial charge in [-0.2, -0.15) is 26.3 Å². The van der Waals surface area contributed by atoms with Crippen LogP contribution in [0, 0.1) is 0 Å². The first kappa shape index (κ1) is 16.0. The monoisotopic (exact) mass is 352 g/mol. The Morgan fingerprint density at radius 1 is 0.783 bits per heavy atom. The maximum atomic E-state index is 13.7. The fourth-order valence-electron chi connectivity index (χ4n) is 2.32. The van der Waals surface area contributed by atoms with Gasteiger partial charge in [-0.25, -0.2) is 4.39 Å². The lowest BCUT2D eigenvalue weighted by molar-refractivity contribution is -0.263. The molecule has 1 aromatic heterocycles. The molecule has 0 nitrogen and oxygen atoms in total. The van der Waals surface area contributed by atoms with Crippen LogP contribution < -0.4 is 0 Å². The molecule has 1 aromatic carbocycles. The lowest BCUT2D eigenvalue weighted by Gasteiger charge is -2.24. The van der Waals surface area contributed by atoms with Crippen LogP contribution in [-0.4, -0.2) is 17.8 Å². The Labute approximate surface area is 129 Å². The van der Waals surface area contributed by atoms with Crippen LogP contribution in [-0.2, 0) is 0 Å². The summed E-state index contributed by atoms with van der Waals surface area (Å²) in [6.07, 6.45) is 0. The zero-order valence-corrected chi connectivity index (χ0v) is 11.9. The number of benzene rings is 1. The van der Waals surface area contributed by atoms with E-state index >= 15 is 0 Å². The molecule has 0 spiro atoms. The third-order valence-corrected chi connectivity index (χ3v) is 4.52. The van der Waals surface area contributed by atoms with Crippen LogP contribution in [0.1, 0.15) is 5.56 Å². The summed E-state index contributed by atoms with van der Waals surface area (Å²) in [6, 6.07) is 9.25. The molecule has 1 aliphatic carbocycles. The summed E-state index contributed by atoms with van der Waals surface area (Å²) in [5.74, 6) is -19.4. The van der Waals surface area contributed by atoms with Gasteiger partial charge in [0.15, 0.2) is 5.83 Å². The van der Waals surface area contributed by atoms with E-state index in [4.69, 9.17) is 0 Å². The summed E-state index contributed by atoms with van der Waals surface area (Å²) in [4.78, 5) is 0.371. The van der Waals surface area contributed by atoms with Crippen molar-refractivity contribution in [1.82, 2.24) is 0 Å². The maximum Gasteiger partial charge on any atom is 0.383 e. The minimum atomic E-state index is -5.81. The fourth-order valence-corrected chi connectivity index (χ4v) is 3.22. The average Bonchev–Trinajstić information content (AvgIpc) is 2.99. The number of hydrogen-bond donors (Lipinski definition) is 0. The van der Waals surface area contributed by atoms with Gasteiger partial charge in [0.25, 0.3) is 0 Å². The van der Waals surface area contributed by atoms with Gasteiger partial charge in [-0.15, -0.1) is 11.3 Å². The maximum absolute atomic E-state index is 13.7. The largest absolute Gasteiger partial charge is 0.383 e. The number of alkyl halides is 6. The molecule has 0 saturated heterocycles. The van der Waals surface area contributed by atoms with Gasteiger partial charge >= 0.3 is 17.8 Å². The molecule has 3 rings (SSSR count). The van der Waals surface area contributed by atoms with Crippen LogP contribution in [0.2, 0.25) is 0 Å². The van der Waals surface area contributed by atoms with E-state index < -0.39 is 34.7 Å². The van der Waals surface area contributed by atoms with Gasteiger partial charge in [0.1, 0.15) is 0 Å². The van der Waals surface area contributed by atoms with E-state index in [0.717, 1.165) is 22.8 Å². The molecule has 0 amide bonds. The third-order valence-electron chi connectivity index (χ3n) is 3.54. The van der Waals surface area contributed by atoms with Gasteiger partial charge in [-0.05, 0) is 22.6 Å². The second kappa shape index (κ2) is 4.83. The molecule has 0 N–H and O–H groups in total. The molecule has 1 heterocycles. The minimum Gasteiger partial charge on any atom is -0.204 e. The van der Waals surface area contributed by atoms with Crippen LogP contribution in [0.15, 0.2) is 47.6 Å². The van der Waals surface area contributed by atoms with Gasteiger partial charge in [0.2, 0.25) is 0 Å². The first-order chi connectivity index (χ1) is 10.6. The molecular formula is C15H7F7S. The molecule has 0 bridgehead atoms. The number of halogens is 7. The van der Waals surface area contributed by atoms with Crippen molar-refractivity contribution in [3.05, 3.63) is 53.2 Å². The van der Waals surface area contributed by atoms with E-state index in [0.29, 0.717) is 10.4 Å². The van der Waals surface area contributed by atoms with E-state index in [9.17, 15) is 30.7 Å². The molecule has 0 radical (unpaired) electrons. The average molecular weight is 352 g/mol. The van der Waals surface area contributed by atoms with Crippen molar-refractivity contribution in [2.45, 2.75) is 17.8 Å². The third kappa shape index (κ3) is 2.04. The SMILES string of the molecule is FC1=C(c2csc(-c3ccccc3)c2)C(F)(F)C(F)(F)C1(F)F. The normalized spacial score (nSPS) is 21.7. The Hall–Kier alpha value is -1.83. The van der Waals surface area contributed by atoms with Crippen molar-refractivity contribution in [3.8, 4) is 10.4 Å². The molecule has 0 saturated carbocycles. The molecular weight excluding hydrogens is 345 g/mol. The van der Waals surface area contributed by atoms with Gasteiger partial charge < -0.3 is 0 Å². The first-order valence-electron chi connectivity index (χ1n) is 6.29. The smallest absolute Gasteiger partial charge is 0.204 e. The first-order valence-corrected chi connectivity index (χ1v) is 7.17. The molecule has 0 fully saturated rings.